The number of aldehydes is 1. The summed E-state index contributed by atoms with van der Waals surface area (Å²) in [6.07, 6.45) is 1.18. The first-order valence-corrected chi connectivity index (χ1v) is 4.75. The van der Waals surface area contributed by atoms with Crippen molar-refractivity contribution in [2.24, 2.45) is 0 Å². The molecule has 0 radical (unpaired) electrons. The molecule has 2 N–H and O–H groups in total. The third-order valence-electron chi connectivity index (χ3n) is 1.15. The Bertz CT molecular complexity index is 236. The van der Waals surface area contributed by atoms with Crippen molar-refractivity contribution in [3.8, 4) is 0 Å². The molecule has 0 unspecified atom stereocenters. The van der Waals surface area contributed by atoms with Gasteiger partial charge in [-0.25, -0.2) is 4.98 Å². The summed E-state index contributed by atoms with van der Waals surface area (Å²) >= 11 is 1.35. The van der Waals surface area contributed by atoms with Gasteiger partial charge in [0, 0.05) is 25.5 Å². The molecule has 0 atom stereocenters. The molecule has 0 amide bonds. The van der Waals surface area contributed by atoms with E-state index >= 15 is 0 Å². The molecule has 0 bridgehead atoms. The second-order valence-corrected chi connectivity index (χ2v) is 3.01. The Hall–Kier alpha value is -0.940. The van der Waals surface area contributed by atoms with E-state index in [2.05, 4.69) is 9.72 Å². The van der Waals surface area contributed by atoms with E-state index in [0.717, 1.165) is 18.6 Å². The van der Waals surface area contributed by atoms with Crippen molar-refractivity contribution in [2.75, 3.05) is 19.5 Å². The lowest BCUT2D eigenvalue weighted by Crippen LogP contribution is -1.87. The predicted octanol–water partition coefficient (Wildman–Crippen LogP) is 1.12. The molecule has 1 aromatic heterocycles. The number of nitrogens with zero attached hydrogens (tertiary/aromatic N) is 1. The van der Waals surface area contributed by atoms with E-state index < -0.39 is 0 Å². The number of aromatic nitrogens is 1. The zero-order chi connectivity index (χ0) is 10.1. The highest BCUT2D eigenvalue weighted by molar-refractivity contribution is 7.13. The number of ether oxygens (including phenoxy) is 1. The fraction of sp³-hybridized carbons (Fsp3) is 0.500. The molecule has 0 aliphatic heterocycles. The first-order chi connectivity index (χ1) is 6.24. The third kappa shape index (κ3) is 6.24. The first kappa shape index (κ1) is 12.1. The molecule has 4 nitrogen and oxygen atoms in total. The lowest BCUT2D eigenvalue weighted by molar-refractivity contribution is -0.107. The topological polar surface area (TPSA) is 65.2 Å². The molecule has 0 spiro atoms. The van der Waals surface area contributed by atoms with Crippen LogP contribution in [0.4, 0.5) is 5.13 Å². The Balaban J connectivity index is 0.000000310. The van der Waals surface area contributed by atoms with Crippen LogP contribution in [0.25, 0.3) is 0 Å². The molecule has 0 aliphatic rings. The average molecular weight is 202 g/mol. The van der Waals surface area contributed by atoms with Gasteiger partial charge in [0.25, 0.3) is 0 Å². The van der Waals surface area contributed by atoms with Crippen LogP contribution in [0.1, 0.15) is 12.6 Å². The van der Waals surface area contributed by atoms with Crippen LogP contribution in [0.3, 0.4) is 0 Å². The summed E-state index contributed by atoms with van der Waals surface area (Å²) in [6.45, 7) is 2.78. The van der Waals surface area contributed by atoms with Gasteiger partial charge in [0.2, 0.25) is 0 Å². The summed E-state index contributed by atoms with van der Waals surface area (Å²) in [6, 6.07) is 0. The van der Waals surface area contributed by atoms with E-state index in [-0.39, 0.29) is 0 Å². The van der Waals surface area contributed by atoms with E-state index in [1.54, 1.807) is 12.5 Å². The van der Waals surface area contributed by atoms with E-state index in [4.69, 9.17) is 5.73 Å². The van der Waals surface area contributed by atoms with Gasteiger partial charge in [-0.1, -0.05) is 0 Å². The number of anilines is 1. The molecular formula is C8H14N2O2S. The minimum atomic E-state index is 0.369. The van der Waals surface area contributed by atoms with Gasteiger partial charge in [-0.05, 0) is 6.92 Å². The average Bonchev–Trinajstić information content (AvgIpc) is 2.53. The lowest BCUT2D eigenvalue weighted by Gasteiger charge is -1.79. The molecule has 1 aromatic rings. The highest BCUT2D eigenvalue weighted by Gasteiger charge is 1.94. The van der Waals surface area contributed by atoms with Crippen LogP contribution in [-0.2, 0) is 16.0 Å². The second-order valence-electron chi connectivity index (χ2n) is 2.13. The quantitative estimate of drug-likeness (QED) is 0.746. The minimum absolute atomic E-state index is 0.369. The van der Waals surface area contributed by atoms with Crippen LogP contribution in [-0.4, -0.2) is 25.0 Å². The van der Waals surface area contributed by atoms with Crippen LogP contribution in [0, 0.1) is 0 Å². The van der Waals surface area contributed by atoms with E-state index in [1.807, 2.05) is 6.92 Å². The third-order valence-corrected chi connectivity index (χ3v) is 1.87. The molecule has 0 aliphatic carbocycles. The van der Waals surface area contributed by atoms with Crippen molar-refractivity contribution in [3.63, 3.8) is 0 Å². The number of hydrogen-bond acceptors (Lipinski definition) is 5. The van der Waals surface area contributed by atoms with Crippen molar-refractivity contribution in [2.45, 2.75) is 13.3 Å². The van der Waals surface area contributed by atoms with Gasteiger partial charge in [-0.2, -0.15) is 0 Å². The number of carbonyl (C=O) groups is 1. The predicted molar refractivity (Wildman–Crippen MR) is 53.8 cm³/mol. The van der Waals surface area contributed by atoms with Gasteiger partial charge >= 0.3 is 0 Å². The Kier molecular flexibility index (Phi) is 7.14. The molecule has 0 aromatic carbocycles. The number of nitrogen functional groups attached to an aromatic ring is 1. The maximum atomic E-state index is 9.91. The van der Waals surface area contributed by atoms with Gasteiger partial charge < -0.3 is 15.3 Å². The maximum absolute atomic E-state index is 9.91. The van der Waals surface area contributed by atoms with Crippen molar-refractivity contribution in [1.29, 1.82) is 0 Å². The Morgan fingerprint density at radius 1 is 1.77 bits per heavy atom. The summed E-state index contributed by atoms with van der Waals surface area (Å²) in [7, 11) is 1.68. The highest BCUT2D eigenvalue weighted by atomic mass is 32.1. The Morgan fingerprint density at radius 2 is 2.38 bits per heavy atom. The normalized spacial score (nSPS) is 8.77. The van der Waals surface area contributed by atoms with Crippen molar-refractivity contribution in [3.05, 3.63) is 11.1 Å². The summed E-state index contributed by atoms with van der Waals surface area (Å²) in [5, 5.41) is 2.30. The fourth-order valence-corrected chi connectivity index (χ4v) is 1.08. The van der Waals surface area contributed by atoms with Crippen LogP contribution >= 0.6 is 11.3 Å². The number of thiazole rings is 1. The van der Waals surface area contributed by atoms with Crippen molar-refractivity contribution in [1.82, 2.24) is 4.98 Å². The number of hydrogen-bond donors (Lipinski definition) is 1. The van der Waals surface area contributed by atoms with Gasteiger partial charge in [0.15, 0.2) is 5.13 Å². The van der Waals surface area contributed by atoms with Gasteiger partial charge in [-0.15, -0.1) is 11.3 Å². The van der Waals surface area contributed by atoms with Gasteiger partial charge in [-0.3, -0.25) is 0 Å². The molecule has 0 saturated carbocycles. The summed E-state index contributed by atoms with van der Waals surface area (Å²) in [5.41, 5.74) is 6.06. The molecule has 0 fully saturated rings. The lowest BCUT2D eigenvalue weighted by atomic mass is 10.4. The molecule has 1 heterocycles. The Morgan fingerprint density at radius 3 is 2.69 bits per heavy atom. The maximum Gasteiger partial charge on any atom is 0.180 e. The van der Waals surface area contributed by atoms with Gasteiger partial charge in [0.05, 0.1) is 5.69 Å². The number of methoxy groups -OCH3 is 1. The van der Waals surface area contributed by atoms with E-state index in [1.165, 1.54) is 11.3 Å². The molecule has 74 valence electrons. The number of rotatable bonds is 3. The fourth-order valence-electron chi connectivity index (χ4n) is 0.502. The summed E-state index contributed by atoms with van der Waals surface area (Å²) < 4.78 is 4.54. The largest absolute Gasteiger partial charge is 0.385 e. The minimum Gasteiger partial charge on any atom is -0.385 e. The molecule has 1 rings (SSSR count). The standard InChI is InChI=1S/C5H6N2OS.C3H8O/c6-5-7-4(1-2-8)3-9-5;1-3-4-2/h2-3H,1H2,(H2,6,7);3H2,1-2H3. The number of nitrogens with two attached hydrogens (primary N) is 1. The zero-order valence-electron chi connectivity index (χ0n) is 7.82. The van der Waals surface area contributed by atoms with Crippen LogP contribution in [0.5, 0.6) is 0 Å². The monoisotopic (exact) mass is 202 g/mol. The zero-order valence-corrected chi connectivity index (χ0v) is 8.63. The van der Waals surface area contributed by atoms with Crippen LogP contribution in [0.2, 0.25) is 0 Å². The SMILES string of the molecule is CCOC.Nc1nc(CC=O)cs1. The first-order valence-electron chi connectivity index (χ1n) is 3.87. The summed E-state index contributed by atoms with van der Waals surface area (Å²) in [4.78, 5) is 13.8. The van der Waals surface area contributed by atoms with E-state index in [9.17, 15) is 4.79 Å². The second kappa shape index (κ2) is 7.70. The number of carbonyl (C=O) groups excluding carboxylic acids is 1. The van der Waals surface area contributed by atoms with Gasteiger partial charge in [0.1, 0.15) is 6.29 Å². The van der Waals surface area contributed by atoms with Crippen LogP contribution < -0.4 is 5.73 Å². The molecular weight excluding hydrogens is 188 g/mol. The van der Waals surface area contributed by atoms with E-state index in [0.29, 0.717) is 11.6 Å². The van der Waals surface area contributed by atoms with Crippen molar-refractivity contribution >= 4 is 22.8 Å². The summed E-state index contributed by atoms with van der Waals surface area (Å²) in [5.74, 6) is 0. The van der Waals surface area contributed by atoms with Crippen molar-refractivity contribution < 1.29 is 9.53 Å². The smallest absolute Gasteiger partial charge is 0.180 e. The molecule has 0 saturated heterocycles. The molecule has 5 heteroatoms. The Labute approximate surface area is 81.7 Å². The molecule has 13 heavy (non-hydrogen) atoms. The van der Waals surface area contributed by atoms with Crippen LogP contribution in [0.15, 0.2) is 5.38 Å². The highest BCUT2D eigenvalue weighted by Crippen LogP contribution is 2.10.